The summed E-state index contributed by atoms with van der Waals surface area (Å²) < 4.78 is 0. The van der Waals surface area contributed by atoms with Gasteiger partial charge in [-0.15, -0.1) is 0 Å². The summed E-state index contributed by atoms with van der Waals surface area (Å²) in [6.45, 7) is 0.472. The number of hydrogen-bond donors (Lipinski definition) is 4. The Labute approximate surface area is 37.5 Å². The van der Waals surface area contributed by atoms with E-state index in [4.69, 9.17) is 10.8 Å². The Balaban J connectivity index is -0.0000000450. The Morgan fingerprint density at radius 2 is 1.50 bits per heavy atom. The van der Waals surface area contributed by atoms with Crippen molar-refractivity contribution in [3.63, 3.8) is 0 Å². The Bertz CT molecular complexity index is 10.8. The van der Waals surface area contributed by atoms with Crippen molar-refractivity contribution in [2.75, 3.05) is 13.2 Å². The topological polar surface area (TPSA) is 116 Å². The largest absolute Gasteiger partial charge is 0.395 e. The summed E-state index contributed by atoms with van der Waals surface area (Å²) >= 11 is 0. The van der Waals surface area contributed by atoms with Gasteiger partial charge in [-0.2, -0.15) is 0 Å². The van der Waals surface area contributed by atoms with E-state index in [1.54, 1.807) is 0 Å². The third-order valence-corrected chi connectivity index (χ3v) is 0.129. The molecule has 0 spiro atoms. The Hall–Kier alpha value is -0.160. The van der Waals surface area contributed by atoms with Gasteiger partial charge in [-0.1, -0.05) is 0 Å². The predicted octanol–water partition coefficient (Wildman–Crippen LogP) is -0.739. The van der Waals surface area contributed by atoms with Gasteiger partial charge in [0.2, 0.25) is 0 Å². The Morgan fingerprint density at radius 3 is 1.50 bits per heavy atom. The van der Waals surface area contributed by atoms with Crippen molar-refractivity contribution in [2.45, 2.75) is 0 Å². The second-order valence-electron chi connectivity index (χ2n) is 0.512. The molecule has 0 fully saturated rings. The molecule has 42 valence electrons. The molecule has 0 aliphatic heterocycles. The van der Waals surface area contributed by atoms with Crippen LogP contribution in [0.15, 0.2) is 0 Å². The van der Waals surface area contributed by atoms with Crippen LogP contribution in [-0.4, -0.2) is 18.3 Å². The quantitative estimate of drug-likeness (QED) is 0.343. The minimum atomic E-state index is 0. The van der Waals surface area contributed by atoms with Gasteiger partial charge in [0.1, 0.15) is 0 Å². The third-order valence-electron chi connectivity index (χ3n) is 0.129. The van der Waals surface area contributed by atoms with E-state index >= 15 is 0 Å². The van der Waals surface area contributed by atoms with E-state index in [2.05, 4.69) is 0 Å². The zero-order chi connectivity index (χ0) is 3.41. The molecule has 0 saturated carbocycles. The summed E-state index contributed by atoms with van der Waals surface area (Å²) in [5.41, 5.74) is 4.78. The number of nitrogens with two attached hydrogens (primary N) is 1. The highest BCUT2D eigenvalue weighted by Gasteiger charge is 1.56. The molecule has 0 aromatic heterocycles. The maximum atomic E-state index is 7.75. The van der Waals surface area contributed by atoms with E-state index in [0.29, 0.717) is 6.54 Å². The van der Waals surface area contributed by atoms with Crippen LogP contribution < -0.4 is 18.0 Å². The fourth-order valence-electron chi connectivity index (χ4n) is 0. The fourth-order valence-corrected chi connectivity index (χ4v) is 0. The molecule has 0 unspecified atom stereocenters. The van der Waals surface area contributed by atoms with Gasteiger partial charge in [-0.25, -0.2) is 0 Å². The van der Waals surface area contributed by atoms with E-state index < -0.39 is 0 Å². The van der Waals surface area contributed by atoms with Gasteiger partial charge in [-0.05, 0) is 0 Å². The number of aliphatic hydroxyl groups excluding tert-OH is 1. The van der Waals surface area contributed by atoms with E-state index in [0.717, 1.165) is 0 Å². The minimum absolute atomic E-state index is 0. The number of hydrogen-bond acceptors (Lipinski definition) is 4. The third kappa shape index (κ3) is 43.9. The standard InChI is InChI=1S/C2H7NO.2H3N/c3-1-2-4;;/h4H,1-3H2;2*1H3. The highest BCUT2D eigenvalue weighted by atomic mass is 16.3. The van der Waals surface area contributed by atoms with Crippen LogP contribution in [0.3, 0.4) is 0 Å². The van der Waals surface area contributed by atoms with Crippen molar-refractivity contribution in [3.8, 4) is 0 Å². The van der Waals surface area contributed by atoms with Crippen LogP contribution in [0.25, 0.3) is 0 Å². The van der Waals surface area contributed by atoms with Crippen LogP contribution in [0.1, 0.15) is 0 Å². The molecule has 0 aliphatic rings. The molecule has 0 radical (unpaired) electrons. The lowest BCUT2D eigenvalue weighted by Gasteiger charge is -1.71. The molecule has 4 nitrogen and oxygen atoms in total. The monoisotopic (exact) mass is 95.1 g/mol. The smallest absolute Gasteiger partial charge is 0.0553 e. The zero-order valence-electron chi connectivity index (χ0n) is 3.85. The molecule has 0 aromatic carbocycles. The van der Waals surface area contributed by atoms with Gasteiger partial charge in [0, 0.05) is 6.54 Å². The van der Waals surface area contributed by atoms with E-state index in [1.165, 1.54) is 0 Å². The first kappa shape index (κ1) is 17.0. The first-order chi connectivity index (χ1) is 1.91. The van der Waals surface area contributed by atoms with E-state index in [-0.39, 0.29) is 18.9 Å². The van der Waals surface area contributed by atoms with Crippen molar-refractivity contribution in [1.82, 2.24) is 12.3 Å². The second-order valence-corrected chi connectivity index (χ2v) is 0.512. The maximum Gasteiger partial charge on any atom is 0.0553 e. The molecule has 0 aliphatic carbocycles. The van der Waals surface area contributed by atoms with Crippen LogP contribution in [0.4, 0.5) is 0 Å². The lowest BCUT2D eigenvalue weighted by atomic mass is 10.8. The molecule has 0 rings (SSSR count). The summed E-state index contributed by atoms with van der Waals surface area (Å²) in [5.74, 6) is 0. The van der Waals surface area contributed by atoms with Gasteiger partial charge in [0.15, 0.2) is 0 Å². The van der Waals surface area contributed by atoms with Crippen LogP contribution in [0, 0.1) is 0 Å². The van der Waals surface area contributed by atoms with Gasteiger partial charge in [0.05, 0.1) is 6.61 Å². The normalized spacial score (nSPS) is 5.00. The minimum Gasteiger partial charge on any atom is -0.395 e. The lowest BCUT2D eigenvalue weighted by Crippen LogP contribution is -2.02. The van der Waals surface area contributed by atoms with E-state index in [9.17, 15) is 0 Å². The molecular weight excluding hydrogens is 82.0 g/mol. The van der Waals surface area contributed by atoms with Crippen LogP contribution >= 0.6 is 0 Å². The first-order valence-corrected chi connectivity index (χ1v) is 1.22. The fraction of sp³-hybridized carbons (Fsp3) is 1.00. The molecule has 0 atom stereocenters. The average molecular weight is 95.1 g/mol. The van der Waals surface area contributed by atoms with E-state index in [1.807, 2.05) is 0 Å². The van der Waals surface area contributed by atoms with Crippen molar-refractivity contribution in [1.29, 1.82) is 0 Å². The van der Waals surface area contributed by atoms with Gasteiger partial charge in [-0.3, -0.25) is 0 Å². The van der Waals surface area contributed by atoms with Crippen molar-refractivity contribution < 1.29 is 5.11 Å². The van der Waals surface area contributed by atoms with Gasteiger partial charge in [0.25, 0.3) is 0 Å². The summed E-state index contributed by atoms with van der Waals surface area (Å²) in [6.07, 6.45) is 0. The van der Waals surface area contributed by atoms with Crippen LogP contribution in [0.5, 0.6) is 0 Å². The number of rotatable bonds is 1. The average Bonchev–Trinajstić information content (AvgIpc) is 1.37. The summed E-state index contributed by atoms with van der Waals surface area (Å²) in [6, 6.07) is 0. The summed E-state index contributed by atoms with van der Waals surface area (Å²) in [5, 5.41) is 7.75. The molecule has 9 N–H and O–H groups in total. The molecule has 6 heavy (non-hydrogen) atoms. The molecule has 0 aromatic rings. The highest BCUT2D eigenvalue weighted by molar-refractivity contribution is 4.17. The molecule has 4 heteroatoms. The Morgan fingerprint density at radius 1 is 1.33 bits per heavy atom. The van der Waals surface area contributed by atoms with Crippen molar-refractivity contribution in [3.05, 3.63) is 0 Å². The van der Waals surface area contributed by atoms with Crippen LogP contribution in [-0.2, 0) is 0 Å². The van der Waals surface area contributed by atoms with Crippen molar-refractivity contribution >= 4 is 0 Å². The molecule has 0 amide bonds. The zero-order valence-corrected chi connectivity index (χ0v) is 3.85. The molecule has 0 bridgehead atoms. The molecule has 0 saturated heterocycles. The van der Waals surface area contributed by atoms with Crippen molar-refractivity contribution in [2.24, 2.45) is 5.73 Å². The maximum absolute atomic E-state index is 7.75. The van der Waals surface area contributed by atoms with Gasteiger partial charge >= 0.3 is 0 Å². The Kier molecular flexibility index (Phi) is 59.6. The molecular formula is C2H13N3O. The van der Waals surface area contributed by atoms with Gasteiger partial charge < -0.3 is 23.1 Å². The van der Waals surface area contributed by atoms with Crippen LogP contribution in [0.2, 0.25) is 0 Å². The predicted molar refractivity (Wildman–Crippen MR) is 26.2 cm³/mol. The second kappa shape index (κ2) is 21.1. The SMILES string of the molecule is N.N.NCCO. The summed E-state index contributed by atoms with van der Waals surface area (Å²) in [4.78, 5) is 0. The first-order valence-electron chi connectivity index (χ1n) is 1.22. The number of aliphatic hydroxyl groups is 1. The lowest BCUT2D eigenvalue weighted by molar-refractivity contribution is 0.306. The highest BCUT2D eigenvalue weighted by Crippen LogP contribution is 1.33. The molecule has 0 heterocycles. The summed E-state index contributed by atoms with van der Waals surface area (Å²) in [7, 11) is 0.